The Bertz CT molecular complexity index is 462. The molecule has 16 heavy (non-hydrogen) atoms. The van der Waals surface area contributed by atoms with Crippen LogP contribution in [0.15, 0.2) is 41.8 Å². The molecule has 0 bridgehead atoms. The van der Waals surface area contributed by atoms with Gasteiger partial charge in [0.25, 0.3) is 0 Å². The Morgan fingerprint density at radius 1 is 1.00 bits per heavy atom. The van der Waals surface area contributed by atoms with Crippen molar-refractivity contribution in [3.05, 3.63) is 41.8 Å². The summed E-state index contributed by atoms with van der Waals surface area (Å²) in [6.45, 7) is 0. The van der Waals surface area contributed by atoms with E-state index >= 15 is 0 Å². The monoisotopic (exact) mass is 244 g/mol. The van der Waals surface area contributed by atoms with Crippen molar-refractivity contribution in [2.45, 2.75) is 6.36 Å². The van der Waals surface area contributed by atoms with E-state index in [-0.39, 0.29) is 5.75 Å². The SMILES string of the molecule is FC(F)(F)Oc1ccccc1-c1cccs1. The third-order valence-electron chi connectivity index (χ3n) is 1.90. The van der Waals surface area contributed by atoms with E-state index < -0.39 is 6.36 Å². The number of halogens is 3. The molecule has 1 heterocycles. The first-order valence-electron chi connectivity index (χ1n) is 4.45. The standard InChI is InChI=1S/C11H7F3OS/c12-11(13,14)15-9-5-2-1-4-8(9)10-6-3-7-16-10/h1-7H. The summed E-state index contributed by atoms with van der Waals surface area (Å²) in [5.41, 5.74) is 0.454. The Morgan fingerprint density at radius 3 is 2.38 bits per heavy atom. The van der Waals surface area contributed by atoms with Gasteiger partial charge in [-0.05, 0) is 23.6 Å². The molecule has 0 atom stereocenters. The molecule has 0 unspecified atom stereocenters. The molecule has 2 rings (SSSR count). The zero-order chi connectivity index (χ0) is 11.6. The maximum absolute atomic E-state index is 12.1. The van der Waals surface area contributed by atoms with Gasteiger partial charge in [-0.25, -0.2) is 0 Å². The van der Waals surface area contributed by atoms with E-state index in [0.717, 1.165) is 4.88 Å². The zero-order valence-electron chi connectivity index (χ0n) is 7.99. The first-order chi connectivity index (χ1) is 7.56. The Labute approximate surface area is 94.1 Å². The predicted octanol–water partition coefficient (Wildman–Crippen LogP) is 4.31. The number of hydrogen-bond acceptors (Lipinski definition) is 2. The Balaban J connectivity index is 2.39. The lowest BCUT2D eigenvalue weighted by atomic mass is 10.1. The van der Waals surface area contributed by atoms with Crippen LogP contribution >= 0.6 is 11.3 Å². The van der Waals surface area contributed by atoms with Crippen molar-refractivity contribution in [1.82, 2.24) is 0 Å². The molecule has 1 aromatic heterocycles. The average molecular weight is 244 g/mol. The van der Waals surface area contributed by atoms with Crippen LogP contribution in [0, 0.1) is 0 Å². The van der Waals surface area contributed by atoms with Crippen molar-refractivity contribution in [2.24, 2.45) is 0 Å². The van der Waals surface area contributed by atoms with Crippen molar-refractivity contribution < 1.29 is 17.9 Å². The molecule has 0 aliphatic heterocycles. The number of hydrogen-bond donors (Lipinski definition) is 0. The first kappa shape index (κ1) is 11.0. The van der Waals surface area contributed by atoms with E-state index in [2.05, 4.69) is 4.74 Å². The third kappa shape index (κ3) is 2.55. The van der Waals surface area contributed by atoms with Crippen molar-refractivity contribution in [1.29, 1.82) is 0 Å². The van der Waals surface area contributed by atoms with Gasteiger partial charge >= 0.3 is 6.36 Å². The fourth-order valence-electron chi connectivity index (χ4n) is 1.32. The average Bonchev–Trinajstić information content (AvgIpc) is 2.69. The van der Waals surface area contributed by atoms with Gasteiger partial charge in [-0.2, -0.15) is 0 Å². The van der Waals surface area contributed by atoms with Gasteiger partial charge in [0.2, 0.25) is 0 Å². The lowest BCUT2D eigenvalue weighted by Crippen LogP contribution is -2.17. The molecular formula is C11H7F3OS. The number of alkyl halides is 3. The fourth-order valence-corrected chi connectivity index (χ4v) is 2.07. The van der Waals surface area contributed by atoms with Crippen molar-refractivity contribution in [3.63, 3.8) is 0 Å². The molecule has 2 aromatic rings. The van der Waals surface area contributed by atoms with Gasteiger partial charge in [0.1, 0.15) is 5.75 Å². The maximum atomic E-state index is 12.1. The Hall–Kier alpha value is -1.49. The van der Waals surface area contributed by atoms with E-state index in [1.54, 1.807) is 29.6 Å². The van der Waals surface area contributed by atoms with Gasteiger partial charge < -0.3 is 4.74 Å². The van der Waals surface area contributed by atoms with Crippen molar-refractivity contribution >= 4 is 11.3 Å². The van der Waals surface area contributed by atoms with Crippen molar-refractivity contribution in [3.8, 4) is 16.2 Å². The Kier molecular flexibility index (Phi) is 2.87. The van der Waals surface area contributed by atoms with Gasteiger partial charge in [-0.15, -0.1) is 24.5 Å². The number of para-hydroxylation sites is 1. The number of rotatable bonds is 2. The molecule has 1 nitrogen and oxygen atoms in total. The highest BCUT2D eigenvalue weighted by molar-refractivity contribution is 7.13. The molecule has 1 aromatic carbocycles. The number of ether oxygens (including phenoxy) is 1. The number of thiophene rings is 1. The van der Waals surface area contributed by atoms with E-state index in [1.807, 2.05) is 0 Å². The van der Waals surface area contributed by atoms with E-state index in [4.69, 9.17) is 0 Å². The summed E-state index contributed by atoms with van der Waals surface area (Å²) in [5, 5.41) is 1.81. The second-order valence-electron chi connectivity index (χ2n) is 3.02. The summed E-state index contributed by atoms with van der Waals surface area (Å²) in [5.74, 6) is -0.169. The molecule has 84 valence electrons. The minimum atomic E-state index is -4.66. The van der Waals surface area contributed by atoms with Gasteiger partial charge in [0.05, 0.1) is 0 Å². The smallest absolute Gasteiger partial charge is 0.405 e. The van der Waals surface area contributed by atoms with Crippen LogP contribution in [0.3, 0.4) is 0 Å². The van der Waals surface area contributed by atoms with E-state index in [1.165, 1.54) is 23.5 Å². The third-order valence-corrected chi connectivity index (χ3v) is 2.80. The maximum Gasteiger partial charge on any atom is 0.573 e. The first-order valence-corrected chi connectivity index (χ1v) is 5.33. The van der Waals surface area contributed by atoms with Crippen LogP contribution in [-0.4, -0.2) is 6.36 Å². The highest BCUT2D eigenvalue weighted by Crippen LogP contribution is 2.35. The summed E-state index contributed by atoms with van der Waals surface area (Å²) in [6, 6.07) is 9.64. The largest absolute Gasteiger partial charge is 0.573 e. The van der Waals surface area contributed by atoms with Gasteiger partial charge in [-0.3, -0.25) is 0 Å². The molecule has 0 aliphatic carbocycles. The van der Waals surface area contributed by atoms with Gasteiger partial charge in [-0.1, -0.05) is 18.2 Å². The molecule has 0 saturated carbocycles. The number of benzene rings is 1. The van der Waals surface area contributed by atoms with Gasteiger partial charge in [0, 0.05) is 10.4 Å². The highest BCUT2D eigenvalue weighted by atomic mass is 32.1. The molecule has 0 fully saturated rings. The molecule has 5 heteroatoms. The van der Waals surface area contributed by atoms with Crippen LogP contribution in [-0.2, 0) is 0 Å². The highest BCUT2D eigenvalue weighted by Gasteiger charge is 2.32. The molecular weight excluding hydrogens is 237 g/mol. The molecule has 0 amide bonds. The summed E-state index contributed by atoms with van der Waals surface area (Å²) in [4.78, 5) is 0.750. The lowest BCUT2D eigenvalue weighted by Gasteiger charge is -2.11. The molecule has 0 spiro atoms. The summed E-state index contributed by atoms with van der Waals surface area (Å²) >= 11 is 1.37. The van der Waals surface area contributed by atoms with Crippen molar-refractivity contribution in [2.75, 3.05) is 0 Å². The quantitative estimate of drug-likeness (QED) is 0.764. The molecule has 0 saturated heterocycles. The van der Waals surface area contributed by atoms with Crippen LogP contribution in [0.1, 0.15) is 0 Å². The summed E-state index contributed by atoms with van der Waals surface area (Å²) in [7, 11) is 0. The summed E-state index contributed by atoms with van der Waals surface area (Å²) in [6.07, 6.45) is -4.66. The minimum absolute atomic E-state index is 0.169. The zero-order valence-corrected chi connectivity index (χ0v) is 8.81. The molecule has 0 aliphatic rings. The van der Waals surface area contributed by atoms with E-state index in [0.29, 0.717) is 5.56 Å². The second-order valence-corrected chi connectivity index (χ2v) is 3.97. The predicted molar refractivity (Wildman–Crippen MR) is 56.4 cm³/mol. The minimum Gasteiger partial charge on any atom is -0.405 e. The van der Waals surface area contributed by atoms with Gasteiger partial charge in [0.15, 0.2) is 0 Å². The van der Waals surface area contributed by atoms with Crippen LogP contribution in [0.5, 0.6) is 5.75 Å². The Morgan fingerprint density at radius 2 is 1.75 bits per heavy atom. The normalized spacial score (nSPS) is 11.4. The van der Waals surface area contributed by atoms with Crippen LogP contribution in [0.2, 0.25) is 0 Å². The van der Waals surface area contributed by atoms with E-state index in [9.17, 15) is 13.2 Å². The fraction of sp³-hybridized carbons (Fsp3) is 0.0909. The molecule has 0 radical (unpaired) electrons. The molecule has 0 N–H and O–H groups in total. The second kappa shape index (κ2) is 4.17. The van der Waals surface area contributed by atoms with Crippen LogP contribution in [0.4, 0.5) is 13.2 Å². The van der Waals surface area contributed by atoms with Crippen LogP contribution < -0.4 is 4.74 Å². The topological polar surface area (TPSA) is 9.23 Å². The summed E-state index contributed by atoms with van der Waals surface area (Å²) < 4.78 is 40.4. The lowest BCUT2D eigenvalue weighted by molar-refractivity contribution is -0.274. The van der Waals surface area contributed by atoms with Crippen LogP contribution in [0.25, 0.3) is 10.4 Å².